The lowest BCUT2D eigenvalue weighted by Gasteiger charge is -2.18. The first-order chi connectivity index (χ1) is 9.41. The Kier molecular flexibility index (Phi) is 4.42. The number of carbonyl (C=O) groups excluding carboxylic acids is 1. The van der Waals surface area contributed by atoms with Crippen molar-refractivity contribution < 1.29 is 17.7 Å². The van der Waals surface area contributed by atoms with E-state index in [2.05, 4.69) is 10.1 Å². The quantitative estimate of drug-likeness (QED) is 0.782. The van der Waals surface area contributed by atoms with E-state index in [4.69, 9.17) is 4.52 Å². The second-order valence-corrected chi connectivity index (χ2v) is 7.38. The molecular formula is C12H19N3O4S. The number of hydrogen-bond acceptors (Lipinski definition) is 6. The summed E-state index contributed by atoms with van der Waals surface area (Å²) in [6.45, 7) is 2.23. The highest BCUT2D eigenvalue weighted by atomic mass is 32.2. The Morgan fingerprint density at radius 2 is 2.25 bits per heavy atom. The highest BCUT2D eigenvalue weighted by Crippen LogP contribution is 2.20. The Morgan fingerprint density at radius 1 is 1.50 bits per heavy atom. The molecule has 0 aliphatic carbocycles. The van der Waals surface area contributed by atoms with Crippen molar-refractivity contribution in [3.8, 4) is 0 Å². The van der Waals surface area contributed by atoms with Gasteiger partial charge in [-0.3, -0.25) is 4.79 Å². The van der Waals surface area contributed by atoms with Gasteiger partial charge in [0.2, 0.25) is 11.8 Å². The van der Waals surface area contributed by atoms with Crippen LogP contribution in [-0.2, 0) is 27.6 Å². The first-order valence-electron chi connectivity index (χ1n) is 6.68. The van der Waals surface area contributed by atoms with Crippen molar-refractivity contribution in [2.24, 2.45) is 5.92 Å². The lowest BCUT2D eigenvalue weighted by atomic mass is 10.1. The van der Waals surface area contributed by atoms with Gasteiger partial charge in [0, 0.05) is 13.5 Å². The Labute approximate surface area is 118 Å². The molecule has 1 aromatic rings. The molecule has 8 heteroatoms. The highest BCUT2D eigenvalue weighted by molar-refractivity contribution is 7.91. The van der Waals surface area contributed by atoms with Crippen LogP contribution in [0.1, 0.15) is 31.5 Å². The van der Waals surface area contributed by atoms with Crippen molar-refractivity contribution in [3.63, 3.8) is 0 Å². The van der Waals surface area contributed by atoms with E-state index in [1.54, 1.807) is 7.05 Å². The number of sulfone groups is 1. The number of hydrogen-bond donors (Lipinski definition) is 0. The van der Waals surface area contributed by atoms with Crippen LogP contribution in [0.4, 0.5) is 0 Å². The maximum atomic E-state index is 12.1. The van der Waals surface area contributed by atoms with Crippen LogP contribution in [0.3, 0.4) is 0 Å². The number of aryl methyl sites for hydroxylation is 1. The van der Waals surface area contributed by atoms with E-state index in [-0.39, 0.29) is 24.0 Å². The van der Waals surface area contributed by atoms with Crippen molar-refractivity contribution >= 4 is 15.7 Å². The largest absolute Gasteiger partial charge is 0.337 e. The smallest absolute Gasteiger partial charge is 0.246 e. The molecule has 0 saturated carbocycles. The number of nitrogens with zero attached hydrogens (tertiary/aromatic N) is 3. The summed E-state index contributed by atoms with van der Waals surface area (Å²) in [5.74, 6) is 0.431. The molecule has 2 rings (SSSR count). The van der Waals surface area contributed by atoms with Crippen LogP contribution in [0, 0.1) is 5.92 Å². The number of aromatic nitrogens is 2. The minimum absolute atomic E-state index is 0.0545. The van der Waals surface area contributed by atoms with Gasteiger partial charge in [0.1, 0.15) is 0 Å². The predicted molar refractivity (Wildman–Crippen MR) is 71.5 cm³/mol. The second-order valence-electron chi connectivity index (χ2n) is 5.15. The lowest BCUT2D eigenvalue weighted by Crippen LogP contribution is -2.33. The molecule has 1 amide bonds. The molecule has 112 valence electrons. The molecule has 0 bridgehead atoms. The maximum Gasteiger partial charge on any atom is 0.246 e. The van der Waals surface area contributed by atoms with E-state index in [9.17, 15) is 13.2 Å². The zero-order chi connectivity index (χ0) is 14.8. The predicted octanol–water partition coefficient (Wildman–Crippen LogP) is 0.415. The first kappa shape index (κ1) is 15.0. The molecule has 0 N–H and O–H groups in total. The van der Waals surface area contributed by atoms with Crippen molar-refractivity contribution in [2.45, 2.75) is 32.7 Å². The van der Waals surface area contributed by atoms with E-state index in [0.717, 1.165) is 12.8 Å². The van der Waals surface area contributed by atoms with Crippen LogP contribution in [0.5, 0.6) is 0 Å². The molecule has 0 spiro atoms. The molecule has 1 aliphatic heterocycles. The summed E-state index contributed by atoms with van der Waals surface area (Å²) >= 11 is 0. The minimum atomic E-state index is -3.05. The van der Waals surface area contributed by atoms with Gasteiger partial charge in [-0.05, 0) is 12.8 Å². The molecule has 1 fully saturated rings. The molecule has 20 heavy (non-hydrogen) atoms. The van der Waals surface area contributed by atoms with E-state index < -0.39 is 15.8 Å². The molecule has 0 aromatic carbocycles. The van der Waals surface area contributed by atoms with E-state index in [1.807, 2.05) is 6.92 Å². The Hall–Kier alpha value is -1.44. The minimum Gasteiger partial charge on any atom is -0.337 e. The van der Waals surface area contributed by atoms with Crippen LogP contribution in [-0.4, -0.2) is 47.9 Å². The Balaban J connectivity index is 1.93. The van der Waals surface area contributed by atoms with Crippen LogP contribution < -0.4 is 0 Å². The topological polar surface area (TPSA) is 93.4 Å². The molecule has 7 nitrogen and oxygen atoms in total. The molecule has 1 atom stereocenters. The normalized spacial score (nSPS) is 21.0. The van der Waals surface area contributed by atoms with Gasteiger partial charge in [0.15, 0.2) is 15.7 Å². The third-order valence-electron chi connectivity index (χ3n) is 3.31. The number of carbonyl (C=O) groups is 1. The SMILES string of the molecule is CCCc1noc(CN(C)C(=O)[C@@H]2CCS(=O)(=O)C2)n1. The van der Waals surface area contributed by atoms with Gasteiger partial charge in [-0.1, -0.05) is 12.1 Å². The second kappa shape index (κ2) is 5.90. The summed E-state index contributed by atoms with van der Waals surface area (Å²) in [4.78, 5) is 17.8. The average Bonchev–Trinajstić information content (AvgIpc) is 2.95. The molecule has 1 saturated heterocycles. The molecule has 1 aliphatic rings. The van der Waals surface area contributed by atoms with Gasteiger partial charge in [-0.25, -0.2) is 8.42 Å². The van der Waals surface area contributed by atoms with Gasteiger partial charge in [-0.15, -0.1) is 0 Å². The van der Waals surface area contributed by atoms with Crippen molar-refractivity contribution in [1.82, 2.24) is 15.0 Å². The van der Waals surface area contributed by atoms with Gasteiger partial charge in [-0.2, -0.15) is 4.98 Å². The number of amides is 1. The third-order valence-corrected chi connectivity index (χ3v) is 5.08. The summed E-state index contributed by atoms with van der Waals surface area (Å²) in [6.07, 6.45) is 2.06. The summed E-state index contributed by atoms with van der Waals surface area (Å²) in [5, 5.41) is 3.82. The number of rotatable bonds is 5. The van der Waals surface area contributed by atoms with Gasteiger partial charge in [0.25, 0.3) is 0 Å². The Bertz CT molecular complexity index is 581. The molecule has 0 unspecified atom stereocenters. The first-order valence-corrected chi connectivity index (χ1v) is 8.50. The van der Waals surface area contributed by atoms with E-state index in [1.165, 1.54) is 4.90 Å². The van der Waals surface area contributed by atoms with E-state index in [0.29, 0.717) is 18.1 Å². The molecule has 1 aromatic heterocycles. The fourth-order valence-corrected chi connectivity index (χ4v) is 3.99. The fraction of sp³-hybridized carbons (Fsp3) is 0.750. The molecular weight excluding hydrogens is 282 g/mol. The zero-order valence-electron chi connectivity index (χ0n) is 11.7. The summed E-state index contributed by atoms with van der Waals surface area (Å²) in [7, 11) is -1.43. The zero-order valence-corrected chi connectivity index (χ0v) is 12.5. The van der Waals surface area contributed by atoms with E-state index >= 15 is 0 Å². The van der Waals surface area contributed by atoms with Crippen LogP contribution in [0.15, 0.2) is 4.52 Å². The Morgan fingerprint density at radius 3 is 2.85 bits per heavy atom. The van der Waals surface area contributed by atoms with Crippen LogP contribution in [0.2, 0.25) is 0 Å². The standard InChI is InChI=1S/C12H19N3O4S/c1-3-4-10-13-11(19-14-10)7-15(2)12(16)9-5-6-20(17,18)8-9/h9H,3-8H2,1-2H3/t9-/m1/s1. The fourth-order valence-electron chi connectivity index (χ4n) is 2.26. The van der Waals surface area contributed by atoms with Gasteiger partial charge in [0.05, 0.1) is 24.0 Å². The van der Waals surface area contributed by atoms with Crippen molar-refractivity contribution in [1.29, 1.82) is 0 Å². The molecule has 2 heterocycles. The monoisotopic (exact) mass is 301 g/mol. The van der Waals surface area contributed by atoms with Crippen molar-refractivity contribution in [2.75, 3.05) is 18.6 Å². The average molecular weight is 301 g/mol. The van der Waals surface area contributed by atoms with Crippen LogP contribution >= 0.6 is 0 Å². The van der Waals surface area contributed by atoms with Crippen LogP contribution in [0.25, 0.3) is 0 Å². The highest BCUT2D eigenvalue weighted by Gasteiger charge is 2.34. The maximum absolute atomic E-state index is 12.1. The molecule has 0 radical (unpaired) electrons. The summed E-state index contributed by atoms with van der Waals surface area (Å²) < 4.78 is 27.8. The third kappa shape index (κ3) is 3.56. The van der Waals surface area contributed by atoms with Gasteiger partial charge < -0.3 is 9.42 Å². The summed E-state index contributed by atoms with van der Waals surface area (Å²) in [6, 6.07) is 0. The van der Waals surface area contributed by atoms with Gasteiger partial charge >= 0.3 is 0 Å². The van der Waals surface area contributed by atoms with Crippen molar-refractivity contribution in [3.05, 3.63) is 11.7 Å². The lowest BCUT2D eigenvalue weighted by molar-refractivity contribution is -0.134. The summed E-state index contributed by atoms with van der Waals surface area (Å²) in [5.41, 5.74) is 0.